The SMILES string of the molecule is O=C(NC1CCCC1)c1cc(NCCc2ccccc2)ccn1. The monoisotopic (exact) mass is 309 g/mol. The number of pyridine rings is 1. The molecular formula is C19H23N3O. The molecule has 1 amide bonds. The molecule has 120 valence electrons. The van der Waals surface area contributed by atoms with Crippen molar-refractivity contribution in [3.63, 3.8) is 0 Å². The van der Waals surface area contributed by atoms with Gasteiger partial charge in [0.2, 0.25) is 0 Å². The van der Waals surface area contributed by atoms with Gasteiger partial charge < -0.3 is 10.6 Å². The average molecular weight is 309 g/mol. The van der Waals surface area contributed by atoms with E-state index in [1.165, 1.54) is 18.4 Å². The lowest BCUT2D eigenvalue weighted by molar-refractivity contribution is 0.0933. The number of nitrogens with zero attached hydrogens (tertiary/aromatic N) is 1. The lowest BCUT2D eigenvalue weighted by atomic mass is 10.1. The smallest absolute Gasteiger partial charge is 0.270 e. The zero-order chi connectivity index (χ0) is 15.9. The molecule has 0 atom stereocenters. The second kappa shape index (κ2) is 7.77. The van der Waals surface area contributed by atoms with Crippen LogP contribution in [-0.2, 0) is 6.42 Å². The minimum absolute atomic E-state index is 0.0661. The summed E-state index contributed by atoms with van der Waals surface area (Å²) in [5.41, 5.74) is 2.72. The molecule has 0 bridgehead atoms. The lowest BCUT2D eigenvalue weighted by Gasteiger charge is -2.12. The van der Waals surface area contributed by atoms with Gasteiger partial charge in [0, 0.05) is 24.5 Å². The highest BCUT2D eigenvalue weighted by atomic mass is 16.1. The number of hydrogen-bond acceptors (Lipinski definition) is 3. The van der Waals surface area contributed by atoms with Crippen LogP contribution in [0, 0.1) is 0 Å². The molecule has 0 spiro atoms. The standard InChI is InChI=1S/C19H23N3O/c23-19(22-16-8-4-5-9-16)18-14-17(11-13-21-18)20-12-10-15-6-2-1-3-7-15/h1-3,6-7,11,13-14,16H,4-5,8-10,12H2,(H,20,21)(H,22,23). The molecule has 1 fully saturated rings. The van der Waals surface area contributed by atoms with Crippen molar-refractivity contribution in [2.75, 3.05) is 11.9 Å². The molecule has 2 N–H and O–H groups in total. The molecule has 2 aromatic rings. The first-order valence-corrected chi connectivity index (χ1v) is 8.36. The molecule has 1 saturated carbocycles. The Labute approximate surface area is 137 Å². The van der Waals surface area contributed by atoms with Gasteiger partial charge in [-0.2, -0.15) is 0 Å². The fourth-order valence-corrected chi connectivity index (χ4v) is 2.99. The Morgan fingerprint density at radius 3 is 2.70 bits per heavy atom. The normalized spacial score (nSPS) is 14.6. The second-order valence-corrected chi connectivity index (χ2v) is 6.05. The summed E-state index contributed by atoms with van der Waals surface area (Å²) in [6.45, 7) is 0.831. The van der Waals surface area contributed by atoms with Crippen LogP contribution in [-0.4, -0.2) is 23.5 Å². The third-order valence-corrected chi connectivity index (χ3v) is 4.27. The van der Waals surface area contributed by atoms with Crippen molar-refractivity contribution in [2.24, 2.45) is 0 Å². The average Bonchev–Trinajstić information content (AvgIpc) is 3.09. The van der Waals surface area contributed by atoms with Gasteiger partial charge in [-0.05, 0) is 37.0 Å². The predicted molar refractivity (Wildman–Crippen MR) is 92.6 cm³/mol. The van der Waals surface area contributed by atoms with Crippen LogP contribution in [0.2, 0.25) is 0 Å². The van der Waals surface area contributed by atoms with Crippen molar-refractivity contribution in [1.29, 1.82) is 0 Å². The van der Waals surface area contributed by atoms with Gasteiger partial charge in [-0.1, -0.05) is 43.2 Å². The van der Waals surface area contributed by atoms with Gasteiger partial charge in [0.05, 0.1) is 0 Å². The maximum absolute atomic E-state index is 12.2. The van der Waals surface area contributed by atoms with Crippen LogP contribution in [0.3, 0.4) is 0 Å². The fraction of sp³-hybridized carbons (Fsp3) is 0.368. The maximum Gasteiger partial charge on any atom is 0.270 e. The van der Waals surface area contributed by atoms with Crippen LogP contribution in [0.15, 0.2) is 48.7 Å². The van der Waals surface area contributed by atoms with Crippen LogP contribution in [0.25, 0.3) is 0 Å². The first kappa shape index (κ1) is 15.5. The van der Waals surface area contributed by atoms with Gasteiger partial charge in [-0.25, -0.2) is 0 Å². The van der Waals surface area contributed by atoms with Crippen molar-refractivity contribution >= 4 is 11.6 Å². The van der Waals surface area contributed by atoms with E-state index in [2.05, 4.69) is 27.8 Å². The molecule has 0 unspecified atom stereocenters. The summed E-state index contributed by atoms with van der Waals surface area (Å²) in [5, 5.41) is 6.44. The van der Waals surface area contributed by atoms with Crippen molar-refractivity contribution in [2.45, 2.75) is 38.1 Å². The highest BCUT2D eigenvalue weighted by Gasteiger charge is 2.18. The molecule has 0 saturated heterocycles. The van der Waals surface area contributed by atoms with Crippen molar-refractivity contribution < 1.29 is 4.79 Å². The van der Waals surface area contributed by atoms with Gasteiger partial charge in [-0.15, -0.1) is 0 Å². The predicted octanol–water partition coefficient (Wildman–Crippen LogP) is 3.41. The van der Waals surface area contributed by atoms with Gasteiger partial charge in [0.15, 0.2) is 0 Å². The van der Waals surface area contributed by atoms with E-state index >= 15 is 0 Å². The van der Waals surface area contributed by atoms with Gasteiger partial charge in [0.25, 0.3) is 5.91 Å². The zero-order valence-electron chi connectivity index (χ0n) is 13.3. The van der Waals surface area contributed by atoms with E-state index in [4.69, 9.17) is 0 Å². The summed E-state index contributed by atoms with van der Waals surface area (Å²) in [5.74, 6) is -0.0661. The number of hydrogen-bond donors (Lipinski definition) is 2. The Balaban J connectivity index is 1.53. The van der Waals surface area contributed by atoms with E-state index < -0.39 is 0 Å². The van der Waals surface area contributed by atoms with Crippen LogP contribution in [0.5, 0.6) is 0 Å². The third-order valence-electron chi connectivity index (χ3n) is 4.27. The summed E-state index contributed by atoms with van der Waals surface area (Å²) in [4.78, 5) is 16.4. The van der Waals surface area contributed by atoms with Crippen LogP contribution in [0.1, 0.15) is 41.7 Å². The first-order valence-electron chi connectivity index (χ1n) is 8.36. The molecule has 3 rings (SSSR count). The number of carbonyl (C=O) groups excluding carboxylic acids is 1. The Bertz CT molecular complexity index is 636. The van der Waals surface area contributed by atoms with Crippen LogP contribution < -0.4 is 10.6 Å². The number of benzene rings is 1. The second-order valence-electron chi connectivity index (χ2n) is 6.05. The molecule has 4 heteroatoms. The maximum atomic E-state index is 12.2. The van der Waals surface area contributed by atoms with E-state index in [1.807, 2.05) is 30.3 Å². The first-order chi connectivity index (χ1) is 11.3. The molecule has 4 nitrogen and oxygen atoms in total. The quantitative estimate of drug-likeness (QED) is 0.860. The van der Waals surface area contributed by atoms with Gasteiger partial charge in [0.1, 0.15) is 5.69 Å². The van der Waals surface area contributed by atoms with Gasteiger partial charge in [-0.3, -0.25) is 9.78 Å². The molecule has 1 aliphatic carbocycles. The van der Waals surface area contributed by atoms with Crippen LogP contribution in [0.4, 0.5) is 5.69 Å². The number of carbonyl (C=O) groups is 1. The minimum atomic E-state index is -0.0661. The topological polar surface area (TPSA) is 54.0 Å². The van der Waals surface area contributed by atoms with Crippen LogP contribution >= 0.6 is 0 Å². The number of amides is 1. The summed E-state index contributed by atoms with van der Waals surface area (Å²) >= 11 is 0. The number of rotatable bonds is 6. The van der Waals surface area contributed by atoms with E-state index in [0.717, 1.165) is 31.5 Å². The molecular weight excluding hydrogens is 286 g/mol. The molecule has 1 aromatic carbocycles. The summed E-state index contributed by atoms with van der Waals surface area (Å²) < 4.78 is 0. The Kier molecular flexibility index (Phi) is 5.25. The van der Waals surface area contributed by atoms with Crippen molar-refractivity contribution in [3.8, 4) is 0 Å². The van der Waals surface area contributed by atoms with Gasteiger partial charge >= 0.3 is 0 Å². The highest BCUT2D eigenvalue weighted by Crippen LogP contribution is 2.18. The largest absolute Gasteiger partial charge is 0.385 e. The molecule has 0 radical (unpaired) electrons. The zero-order valence-corrected chi connectivity index (χ0v) is 13.3. The fourth-order valence-electron chi connectivity index (χ4n) is 2.99. The number of aromatic nitrogens is 1. The summed E-state index contributed by atoms with van der Waals surface area (Å²) in [6.07, 6.45) is 7.22. The molecule has 23 heavy (non-hydrogen) atoms. The van der Waals surface area contributed by atoms with E-state index in [1.54, 1.807) is 6.20 Å². The van der Waals surface area contributed by atoms with E-state index in [9.17, 15) is 4.79 Å². The molecule has 1 aromatic heterocycles. The molecule has 1 heterocycles. The highest BCUT2D eigenvalue weighted by molar-refractivity contribution is 5.93. The minimum Gasteiger partial charge on any atom is -0.385 e. The van der Waals surface area contributed by atoms with Crippen molar-refractivity contribution in [1.82, 2.24) is 10.3 Å². The Hall–Kier alpha value is -2.36. The van der Waals surface area contributed by atoms with E-state index in [-0.39, 0.29) is 5.91 Å². The Morgan fingerprint density at radius 2 is 1.91 bits per heavy atom. The summed E-state index contributed by atoms with van der Waals surface area (Å²) in [7, 11) is 0. The van der Waals surface area contributed by atoms with E-state index in [0.29, 0.717) is 11.7 Å². The Morgan fingerprint density at radius 1 is 1.13 bits per heavy atom. The number of nitrogens with one attached hydrogen (secondary N) is 2. The molecule has 1 aliphatic rings. The third kappa shape index (κ3) is 4.55. The lowest BCUT2D eigenvalue weighted by Crippen LogP contribution is -2.33. The number of anilines is 1. The summed E-state index contributed by atoms with van der Waals surface area (Å²) in [6, 6.07) is 14.4. The van der Waals surface area contributed by atoms with Crippen molar-refractivity contribution in [3.05, 3.63) is 59.9 Å². The molecule has 0 aliphatic heterocycles.